The number of halogens is 1. The van der Waals surface area contributed by atoms with Crippen LogP contribution in [0.3, 0.4) is 0 Å². The molecule has 1 fully saturated rings. The van der Waals surface area contributed by atoms with Crippen molar-refractivity contribution in [2.75, 3.05) is 34.7 Å². The number of benzene rings is 2. The van der Waals surface area contributed by atoms with Gasteiger partial charge >= 0.3 is 0 Å². The number of piperidine rings is 1. The lowest BCUT2D eigenvalue weighted by Crippen LogP contribution is -2.26. The smallest absolute Gasteiger partial charge is 0.229 e. The molecule has 4 aromatic rings. The molecule has 0 saturated carbocycles. The van der Waals surface area contributed by atoms with E-state index >= 15 is 0 Å². The van der Waals surface area contributed by atoms with Crippen molar-refractivity contribution in [1.29, 1.82) is 0 Å². The predicted molar refractivity (Wildman–Crippen MR) is 144 cm³/mol. The molecule has 2 aromatic carbocycles. The number of rotatable bonds is 7. The van der Waals surface area contributed by atoms with Crippen LogP contribution in [0.2, 0.25) is 5.02 Å². The molecule has 4 N–H and O–H groups in total. The molecule has 3 heterocycles. The van der Waals surface area contributed by atoms with Gasteiger partial charge in [0.1, 0.15) is 5.02 Å². The van der Waals surface area contributed by atoms with Crippen molar-refractivity contribution in [3.05, 3.63) is 59.4 Å². The summed E-state index contributed by atoms with van der Waals surface area (Å²) in [6.07, 6.45) is 4.76. The average Bonchev–Trinajstić information content (AvgIpc) is 3.18. The van der Waals surface area contributed by atoms with Gasteiger partial charge in [0.2, 0.25) is 16.0 Å². The molecule has 0 atom stereocenters. The Bertz CT molecular complexity index is 1520. The molecule has 5 rings (SSSR count). The molecule has 0 unspecified atom stereocenters. The summed E-state index contributed by atoms with van der Waals surface area (Å²) >= 11 is 6.34. The lowest BCUT2D eigenvalue weighted by Gasteiger charge is -2.21. The first-order valence-electron chi connectivity index (χ1n) is 11.6. The Labute approximate surface area is 214 Å². The Morgan fingerprint density at radius 1 is 1.08 bits per heavy atom. The lowest BCUT2D eigenvalue weighted by atomic mass is 9.92. The number of nitrogens with zero attached hydrogens (tertiary/aromatic N) is 4. The SMILES string of the molecule is Cn1nc(C2CCNCC2)c2ccc(Nc3ncc(Cl)c(Nc4ccccc4NS(C)(=O)=O)n3)cc21. The third kappa shape index (κ3) is 5.38. The molecule has 0 amide bonds. The minimum absolute atomic E-state index is 0.295. The Kier molecular flexibility index (Phi) is 6.69. The van der Waals surface area contributed by atoms with Crippen LogP contribution in [0, 0.1) is 0 Å². The van der Waals surface area contributed by atoms with Crippen LogP contribution in [0.15, 0.2) is 48.7 Å². The van der Waals surface area contributed by atoms with Gasteiger partial charge in [-0.05, 0) is 56.3 Å². The van der Waals surface area contributed by atoms with Crippen LogP contribution in [-0.4, -0.2) is 47.5 Å². The van der Waals surface area contributed by atoms with E-state index in [1.165, 1.54) is 6.20 Å². The number of para-hydroxylation sites is 2. The van der Waals surface area contributed by atoms with E-state index in [2.05, 4.69) is 36.7 Å². The molecular formula is C24H27ClN8O2S. The summed E-state index contributed by atoms with van der Waals surface area (Å²) in [4.78, 5) is 8.81. The number of aromatic nitrogens is 4. The number of aryl methyl sites for hydroxylation is 1. The molecule has 2 aromatic heterocycles. The molecule has 0 bridgehead atoms. The summed E-state index contributed by atoms with van der Waals surface area (Å²) in [5, 5.41) is 16.0. The number of hydrogen-bond acceptors (Lipinski definition) is 8. The Hall–Kier alpha value is -3.41. The zero-order valence-corrected chi connectivity index (χ0v) is 21.5. The van der Waals surface area contributed by atoms with E-state index in [0.29, 0.717) is 34.1 Å². The quantitative estimate of drug-likeness (QED) is 0.280. The first kappa shape index (κ1) is 24.3. The van der Waals surface area contributed by atoms with Gasteiger partial charge in [-0.15, -0.1) is 0 Å². The molecule has 1 aliphatic rings. The molecule has 0 aliphatic carbocycles. The number of hydrogen-bond donors (Lipinski definition) is 4. The van der Waals surface area contributed by atoms with Gasteiger partial charge in [-0.1, -0.05) is 23.7 Å². The molecule has 1 saturated heterocycles. The third-order valence-corrected chi connectivity index (χ3v) is 6.95. The minimum Gasteiger partial charge on any atom is -0.337 e. The van der Waals surface area contributed by atoms with Gasteiger partial charge in [-0.2, -0.15) is 10.1 Å². The number of sulfonamides is 1. The van der Waals surface area contributed by atoms with Crippen molar-refractivity contribution in [3.63, 3.8) is 0 Å². The highest BCUT2D eigenvalue weighted by Crippen LogP contribution is 2.33. The van der Waals surface area contributed by atoms with E-state index in [1.807, 2.05) is 23.9 Å². The molecule has 10 nitrogen and oxygen atoms in total. The summed E-state index contributed by atoms with van der Waals surface area (Å²) in [7, 11) is -1.50. The number of nitrogens with one attached hydrogen (secondary N) is 4. The normalized spacial score (nSPS) is 14.6. The fourth-order valence-electron chi connectivity index (χ4n) is 4.41. The lowest BCUT2D eigenvalue weighted by molar-refractivity contribution is 0.452. The van der Waals surface area contributed by atoms with Gasteiger partial charge in [0.05, 0.1) is 35.0 Å². The van der Waals surface area contributed by atoms with E-state index in [4.69, 9.17) is 16.7 Å². The maximum Gasteiger partial charge on any atom is 0.229 e. The van der Waals surface area contributed by atoms with E-state index in [9.17, 15) is 8.42 Å². The molecule has 0 radical (unpaired) electrons. The van der Waals surface area contributed by atoms with Crippen LogP contribution in [-0.2, 0) is 17.1 Å². The summed E-state index contributed by atoms with van der Waals surface area (Å²) in [5.74, 6) is 1.14. The first-order valence-corrected chi connectivity index (χ1v) is 13.8. The average molecular weight is 527 g/mol. The topological polar surface area (TPSA) is 126 Å². The Balaban J connectivity index is 1.39. The second kappa shape index (κ2) is 9.92. The van der Waals surface area contributed by atoms with Gasteiger partial charge in [-0.3, -0.25) is 9.40 Å². The highest BCUT2D eigenvalue weighted by molar-refractivity contribution is 7.92. The Morgan fingerprint density at radius 2 is 1.83 bits per heavy atom. The third-order valence-electron chi connectivity index (χ3n) is 6.08. The van der Waals surface area contributed by atoms with Crippen LogP contribution >= 0.6 is 11.6 Å². The fourth-order valence-corrected chi connectivity index (χ4v) is 5.13. The van der Waals surface area contributed by atoms with Gasteiger partial charge in [-0.25, -0.2) is 13.4 Å². The largest absolute Gasteiger partial charge is 0.337 e. The zero-order chi connectivity index (χ0) is 25.3. The molecule has 0 spiro atoms. The molecule has 12 heteroatoms. The van der Waals surface area contributed by atoms with Gasteiger partial charge < -0.3 is 16.0 Å². The van der Waals surface area contributed by atoms with E-state index in [0.717, 1.165) is 54.5 Å². The van der Waals surface area contributed by atoms with Crippen LogP contribution in [0.1, 0.15) is 24.5 Å². The van der Waals surface area contributed by atoms with Crippen molar-refractivity contribution in [2.45, 2.75) is 18.8 Å². The Morgan fingerprint density at radius 3 is 2.58 bits per heavy atom. The first-order chi connectivity index (χ1) is 17.3. The second-order valence-corrected chi connectivity index (χ2v) is 11.0. The van der Waals surface area contributed by atoms with Crippen LogP contribution in [0.5, 0.6) is 0 Å². The molecular weight excluding hydrogens is 500 g/mol. The number of fused-ring (bicyclic) bond motifs is 1. The fraction of sp³-hybridized carbons (Fsp3) is 0.292. The summed E-state index contributed by atoms with van der Waals surface area (Å²) < 4.78 is 27.9. The second-order valence-electron chi connectivity index (χ2n) is 8.83. The van der Waals surface area contributed by atoms with Gasteiger partial charge in [0, 0.05) is 24.0 Å². The van der Waals surface area contributed by atoms with Crippen LogP contribution in [0.4, 0.5) is 28.8 Å². The van der Waals surface area contributed by atoms with Crippen molar-refractivity contribution >= 4 is 61.4 Å². The maximum atomic E-state index is 11.7. The molecule has 188 valence electrons. The van der Waals surface area contributed by atoms with Crippen molar-refractivity contribution < 1.29 is 8.42 Å². The molecule has 36 heavy (non-hydrogen) atoms. The van der Waals surface area contributed by atoms with Crippen LogP contribution < -0.4 is 20.7 Å². The van der Waals surface area contributed by atoms with Crippen molar-refractivity contribution in [2.24, 2.45) is 7.05 Å². The molecule has 1 aliphatic heterocycles. The zero-order valence-electron chi connectivity index (χ0n) is 19.9. The monoisotopic (exact) mass is 526 g/mol. The highest BCUT2D eigenvalue weighted by Gasteiger charge is 2.21. The van der Waals surface area contributed by atoms with E-state index in [-0.39, 0.29) is 0 Å². The van der Waals surface area contributed by atoms with Gasteiger partial charge in [0.25, 0.3) is 0 Å². The van der Waals surface area contributed by atoms with Crippen molar-refractivity contribution in [1.82, 2.24) is 25.1 Å². The maximum absolute atomic E-state index is 11.7. The highest BCUT2D eigenvalue weighted by atomic mass is 35.5. The van der Waals surface area contributed by atoms with Crippen molar-refractivity contribution in [3.8, 4) is 0 Å². The standard InChI is InChI=1S/C24H27ClN8O2S/c1-33-21-13-16(7-8-17(21)22(31-33)15-9-11-26-12-10-15)28-24-27-14-18(25)23(30-24)29-19-5-3-4-6-20(19)32-36(2,34)35/h3-8,13-15,26,32H,9-12H2,1-2H3,(H2,27,28,29,30). The summed E-state index contributed by atoms with van der Waals surface area (Å²) in [5.41, 5.74) is 3.89. The van der Waals surface area contributed by atoms with Crippen LogP contribution in [0.25, 0.3) is 10.9 Å². The van der Waals surface area contributed by atoms with Gasteiger partial charge in [0.15, 0.2) is 5.82 Å². The minimum atomic E-state index is -3.46. The van der Waals surface area contributed by atoms with E-state index in [1.54, 1.807) is 24.3 Å². The summed E-state index contributed by atoms with van der Waals surface area (Å²) in [6, 6.07) is 13.0. The summed E-state index contributed by atoms with van der Waals surface area (Å²) in [6.45, 7) is 2.03. The number of anilines is 5. The predicted octanol–water partition coefficient (Wildman–Crippen LogP) is 4.34. The van der Waals surface area contributed by atoms with E-state index < -0.39 is 10.0 Å².